The lowest BCUT2D eigenvalue weighted by atomic mass is 9.83. The van der Waals surface area contributed by atoms with Gasteiger partial charge >= 0.3 is 0 Å². The van der Waals surface area contributed by atoms with Crippen LogP contribution in [-0.4, -0.2) is 33.5 Å². The fourth-order valence-electron chi connectivity index (χ4n) is 2.45. The number of nitrogens with one attached hydrogen (secondary N) is 1. The number of aromatic nitrogens is 3. The Morgan fingerprint density at radius 2 is 2.05 bits per heavy atom. The predicted octanol–water partition coefficient (Wildman–Crippen LogP) is 1.68. The summed E-state index contributed by atoms with van der Waals surface area (Å²) in [5, 5.41) is 4.27. The van der Waals surface area contributed by atoms with E-state index in [1.807, 2.05) is 11.6 Å². The van der Waals surface area contributed by atoms with Crippen LogP contribution in [0.15, 0.2) is 6.33 Å². The molecule has 0 amide bonds. The summed E-state index contributed by atoms with van der Waals surface area (Å²) in [6.45, 7) is 13.3. The Morgan fingerprint density at radius 1 is 1.40 bits per heavy atom. The summed E-state index contributed by atoms with van der Waals surface area (Å²) in [7, 11) is 0. The van der Waals surface area contributed by atoms with Crippen LogP contribution < -0.4 is 11.3 Å². The van der Waals surface area contributed by atoms with Crippen molar-refractivity contribution in [2.24, 2.45) is 11.3 Å². The van der Waals surface area contributed by atoms with E-state index in [9.17, 15) is 0 Å². The molecule has 0 aromatic carbocycles. The molecule has 0 aliphatic carbocycles. The van der Waals surface area contributed by atoms with Gasteiger partial charge in [0.25, 0.3) is 0 Å². The highest BCUT2D eigenvalue weighted by molar-refractivity contribution is 4.96. The molecular weight excluding hydrogens is 254 g/mol. The summed E-state index contributed by atoms with van der Waals surface area (Å²) in [5.74, 6) is 6.68. The number of hydrazine groups is 1. The summed E-state index contributed by atoms with van der Waals surface area (Å²) in [4.78, 5) is 4.35. The van der Waals surface area contributed by atoms with Crippen molar-refractivity contribution in [2.75, 3.05) is 6.61 Å². The lowest BCUT2D eigenvalue weighted by Gasteiger charge is -2.36. The third-order valence-corrected chi connectivity index (χ3v) is 3.32. The van der Waals surface area contributed by atoms with E-state index in [1.54, 1.807) is 6.33 Å². The number of ether oxygens (including phenoxy) is 1. The lowest BCUT2D eigenvalue weighted by Crippen LogP contribution is -2.52. The van der Waals surface area contributed by atoms with E-state index in [0.29, 0.717) is 13.0 Å². The van der Waals surface area contributed by atoms with E-state index in [2.05, 4.69) is 50.1 Å². The molecule has 0 aliphatic rings. The molecule has 0 saturated heterocycles. The molecule has 1 aromatic rings. The third-order valence-electron chi connectivity index (χ3n) is 3.32. The molecule has 2 unspecified atom stereocenters. The zero-order valence-corrected chi connectivity index (χ0v) is 13.6. The Morgan fingerprint density at radius 3 is 2.50 bits per heavy atom. The van der Waals surface area contributed by atoms with Crippen molar-refractivity contribution in [3.63, 3.8) is 0 Å². The third kappa shape index (κ3) is 4.26. The summed E-state index contributed by atoms with van der Waals surface area (Å²) in [5.41, 5.74) is 2.89. The Kier molecular flexibility index (Phi) is 6.10. The SMILES string of the molecule is CCOC(C(Cc1ncnn1C(C)C)NN)C(C)(C)C. The molecule has 20 heavy (non-hydrogen) atoms. The van der Waals surface area contributed by atoms with Gasteiger partial charge in [-0.3, -0.25) is 11.3 Å². The summed E-state index contributed by atoms with van der Waals surface area (Å²) < 4.78 is 7.84. The monoisotopic (exact) mass is 283 g/mol. The molecule has 0 saturated carbocycles. The van der Waals surface area contributed by atoms with Crippen LogP contribution in [-0.2, 0) is 11.2 Å². The highest BCUT2D eigenvalue weighted by atomic mass is 16.5. The van der Waals surface area contributed by atoms with Crippen molar-refractivity contribution >= 4 is 0 Å². The summed E-state index contributed by atoms with van der Waals surface area (Å²) >= 11 is 0. The van der Waals surface area contributed by atoms with Crippen LogP contribution in [0.4, 0.5) is 0 Å². The Hall–Kier alpha value is -0.980. The fraction of sp³-hybridized carbons (Fsp3) is 0.857. The van der Waals surface area contributed by atoms with Crippen molar-refractivity contribution in [3.8, 4) is 0 Å². The van der Waals surface area contributed by atoms with Gasteiger partial charge in [0.15, 0.2) is 0 Å². The number of nitrogens with two attached hydrogens (primary N) is 1. The fourth-order valence-corrected chi connectivity index (χ4v) is 2.45. The Balaban J connectivity index is 2.91. The second-order valence-electron chi connectivity index (χ2n) is 6.43. The standard InChI is InChI=1S/C14H29N5O/c1-7-20-13(14(4,5)6)11(18-15)8-12-16-9-17-19(12)10(2)3/h9-11,13,18H,7-8,15H2,1-6H3. The zero-order valence-electron chi connectivity index (χ0n) is 13.6. The number of hydrogen-bond acceptors (Lipinski definition) is 5. The van der Waals surface area contributed by atoms with Crippen molar-refractivity contribution in [1.82, 2.24) is 20.2 Å². The first-order valence-electron chi connectivity index (χ1n) is 7.27. The minimum absolute atomic E-state index is 0.00310. The lowest BCUT2D eigenvalue weighted by molar-refractivity contribution is -0.0362. The van der Waals surface area contributed by atoms with Crippen LogP contribution in [0.25, 0.3) is 0 Å². The average Bonchev–Trinajstić information content (AvgIpc) is 2.80. The summed E-state index contributed by atoms with van der Waals surface area (Å²) in [6.07, 6.45) is 2.29. The first-order chi connectivity index (χ1) is 9.31. The quantitative estimate of drug-likeness (QED) is 0.588. The average molecular weight is 283 g/mol. The van der Waals surface area contributed by atoms with Crippen molar-refractivity contribution in [1.29, 1.82) is 0 Å². The van der Waals surface area contributed by atoms with Crippen LogP contribution in [0.1, 0.15) is 53.4 Å². The maximum Gasteiger partial charge on any atom is 0.138 e. The zero-order chi connectivity index (χ0) is 15.3. The predicted molar refractivity (Wildman–Crippen MR) is 80.1 cm³/mol. The largest absolute Gasteiger partial charge is 0.376 e. The molecule has 116 valence electrons. The van der Waals surface area contributed by atoms with E-state index in [4.69, 9.17) is 10.6 Å². The maximum absolute atomic E-state index is 5.91. The van der Waals surface area contributed by atoms with Crippen LogP contribution in [0.2, 0.25) is 0 Å². The molecule has 0 bridgehead atoms. The molecule has 6 heteroatoms. The molecule has 0 aliphatic heterocycles. The van der Waals surface area contributed by atoms with Crippen LogP contribution in [0, 0.1) is 5.41 Å². The molecule has 1 rings (SSSR count). The van der Waals surface area contributed by atoms with Gasteiger partial charge in [0.05, 0.1) is 12.1 Å². The number of hydrogen-bond donors (Lipinski definition) is 2. The minimum atomic E-state index is -0.00424. The second-order valence-corrected chi connectivity index (χ2v) is 6.43. The Bertz CT molecular complexity index is 397. The van der Waals surface area contributed by atoms with Gasteiger partial charge in [-0.1, -0.05) is 20.8 Å². The maximum atomic E-state index is 5.91. The van der Waals surface area contributed by atoms with Gasteiger partial charge in [-0.05, 0) is 26.2 Å². The number of nitrogens with zero attached hydrogens (tertiary/aromatic N) is 3. The van der Waals surface area contributed by atoms with Gasteiger partial charge in [-0.2, -0.15) is 5.10 Å². The molecular formula is C14H29N5O. The molecule has 3 N–H and O–H groups in total. The van der Waals surface area contributed by atoms with Crippen LogP contribution in [0.5, 0.6) is 0 Å². The van der Waals surface area contributed by atoms with E-state index in [-0.39, 0.29) is 23.6 Å². The van der Waals surface area contributed by atoms with E-state index < -0.39 is 0 Å². The van der Waals surface area contributed by atoms with Gasteiger partial charge in [0.2, 0.25) is 0 Å². The van der Waals surface area contributed by atoms with E-state index in [0.717, 1.165) is 5.82 Å². The van der Waals surface area contributed by atoms with E-state index >= 15 is 0 Å². The Labute approximate surface area is 122 Å². The molecule has 0 spiro atoms. The van der Waals surface area contributed by atoms with Crippen LogP contribution in [0.3, 0.4) is 0 Å². The second kappa shape index (κ2) is 7.15. The molecule has 6 nitrogen and oxygen atoms in total. The first kappa shape index (κ1) is 17.1. The first-order valence-corrected chi connectivity index (χ1v) is 7.27. The van der Waals surface area contributed by atoms with E-state index in [1.165, 1.54) is 0 Å². The van der Waals surface area contributed by atoms with Gasteiger partial charge in [0.1, 0.15) is 12.2 Å². The minimum Gasteiger partial charge on any atom is -0.376 e. The smallest absolute Gasteiger partial charge is 0.138 e. The molecule has 1 aromatic heterocycles. The van der Waals surface area contributed by atoms with Gasteiger partial charge in [-0.25, -0.2) is 9.67 Å². The normalized spacial score (nSPS) is 15.6. The van der Waals surface area contributed by atoms with Gasteiger partial charge in [-0.15, -0.1) is 0 Å². The highest BCUT2D eigenvalue weighted by Crippen LogP contribution is 2.26. The number of rotatable bonds is 7. The molecule has 2 atom stereocenters. The van der Waals surface area contributed by atoms with Crippen molar-refractivity contribution in [3.05, 3.63) is 12.2 Å². The molecule has 0 fully saturated rings. The van der Waals surface area contributed by atoms with Gasteiger partial charge < -0.3 is 4.74 Å². The summed E-state index contributed by atoms with van der Waals surface area (Å²) in [6, 6.07) is 0.280. The molecule has 0 radical (unpaired) electrons. The van der Waals surface area contributed by atoms with Crippen LogP contribution >= 0.6 is 0 Å². The van der Waals surface area contributed by atoms with Gasteiger partial charge in [0, 0.05) is 19.1 Å². The topological polar surface area (TPSA) is 78.0 Å². The highest BCUT2D eigenvalue weighted by Gasteiger charge is 2.33. The van der Waals surface area contributed by atoms with Crippen molar-refractivity contribution < 1.29 is 4.74 Å². The van der Waals surface area contributed by atoms with Crippen molar-refractivity contribution in [2.45, 2.75) is 66.2 Å². The molecule has 1 heterocycles.